The Balaban J connectivity index is 0.00000129. The Morgan fingerprint density at radius 1 is 1.19 bits per heavy atom. The zero-order valence-electron chi connectivity index (χ0n) is 23.3. The first-order valence-corrected chi connectivity index (χ1v) is 13.7. The fraction of sp³-hybridized carbons (Fsp3) is 0.520. The number of rotatable bonds is 5. The monoisotopic (exact) mass is 612 g/mol. The quantitative estimate of drug-likeness (QED) is 0.455. The van der Waals surface area contributed by atoms with Gasteiger partial charge in [-0.2, -0.15) is 21.6 Å². The second-order valence-corrected chi connectivity index (χ2v) is 10.1. The number of amides is 1. The summed E-state index contributed by atoms with van der Waals surface area (Å²) >= 11 is -0.750. The Bertz CT molecular complexity index is 1440. The van der Waals surface area contributed by atoms with E-state index in [-0.39, 0.29) is 23.2 Å². The number of nitrogens with zero attached hydrogens (tertiary/aromatic N) is 7. The lowest BCUT2D eigenvalue weighted by Gasteiger charge is -2.34. The van der Waals surface area contributed by atoms with E-state index in [1.807, 2.05) is 24.1 Å². The van der Waals surface area contributed by atoms with Crippen molar-refractivity contribution in [1.82, 2.24) is 29.4 Å². The maximum atomic E-state index is 14.2. The van der Waals surface area contributed by atoms with Crippen molar-refractivity contribution in [2.45, 2.75) is 25.7 Å². The highest BCUT2D eigenvalue weighted by atomic mass is 32.1. The molecule has 1 atom stereocenters. The molecule has 0 aliphatic carbocycles. The van der Waals surface area contributed by atoms with Crippen LogP contribution in [0.1, 0.15) is 18.1 Å². The van der Waals surface area contributed by atoms with Crippen LogP contribution in [0.5, 0.6) is 0 Å². The molecule has 2 fully saturated rings. The van der Waals surface area contributed by atoms with E-state index < -0.39 is 29.4 Å². The van der Waals surface area contributed by atoms with Gasteiger partial charge in [-0.3, -0.25) is 10.2 Å². The molecule has 0 bridgehead atoms. The second kappa shape index (κ2) is 13.5. The van der Waals surface area contributed by atoms with Gasteiger partial charge < -0.3 is 19.3 Å². The van der Waals surface area contributed by atoms with Gasteiger partial charge in [0.05, 0.1) is 37.5 Å². The fourth-order valence-electron chi connectivity index (χ4n) is 4.85. The van der Waals surface area contributed by atoms with Crippen molar-refractivity contribution in [3.8, 4) is 11.4 Å². The molecule has 2 aliphatic heterocycles. The third-order valence-electron chi connectivity index (χ3n) is 7.01. The van der Waals surface area contributed by atoms with Crippen LogP contribution in [0.3, 0.4) is 0 Å². The molecule has 0 aromatic carbocycles. The number of anilines is 2. The van der Waals surface area contributed by atoms with Crippen molar-refractivity contribution >= 4 is 34.8 Å². The summed E-state index contributed by atoms with van der Waals surface area (Å²) in [6.45, 7) is 7.99. The smallest absolute Gasteiger partial charge is 0.417 e. The SMILES string of the molecule is COC(=O)Nc1cc(C(F)(F)F)c(-c2nc(N3CCOC[C@@H]3C)c3cc(CN4CCN(C)CC4)cn3n2)cn1.O=S=O. The number of fused-ring (bicyclic) bond motifs is 1. The highest BCUT2D eigenvalue weighted by Gasteiger charge is 2.36. The number of morpholine rings is 1. The van der Waals surface area contributed by atoms with E-state index in [0.717, 1.165) is 51.1 Å². The van der Waals surface area contributed by atoms with Crippen molar-refractivity contribution in [2.24, 2.45) is 0 Å². The molecule has 0 saturated carbocycles. The third-order valence-corrected chi connectivity index (χ3v) is 7.01. The first-order chi connectivity index (χ1) is 20.0. The average molecular weight is 613 g/mol. The van der Waals surface area contributed by atoms with E-state index in [0.29, 0.717) is 37.6 Å². The number of pyridine rings is 1. The van der Waals surface area contributed by atoms with Crippen molar-refractivity contribution < 1.29 is 35.9 Å². The molecular weight excluding hydrogens is 581 g/mol. The highest BCUT2D eigenvalue weighted by Crippen LogP contribution is 2.38. The first-order valence-electron chi connectivity index (χ1n) is 13.0. The average Bonchev–Trinajstić information content (AvgIpc) is 3.36. The number of methoxy groups -OCH3 is 1. The number of halogens is 3. The number of ether oxygens (including phenoxy) is 2. The van der Waals surface area contributed by atoms with E-state index in [2.05, 4.69) is 42.0 Å². The normalized spacial score (nSPS) is 18.3. The molecule has 1 N–H and O–H groups in total. The second-order valence-electron chi connectivity index (χ2n) is 9.93. The van der Waals surface area contributed by atoms with Gasteiger partial charge >= 0.3 is 23.8 Å². The van der Waals surface area contributed by atoms with E-state index in [9.17, 15) is 18.0 Å². The minimum atomic E-state index is -4.75. The van der Waals surface area contributed by atoms with E-state index in [1.54, 1.807) is 4.52 Å². The summed E-state index contributed by atoms with van der Waals surface area (Å²) in [4.78, 5) is 26.9. The Labute approximate surface area is 243 Å². The van der Waals surface area contributed by atoms with Crippen molar-refractivity contribution in [3.05, 3.63) is 35.7 Å². The lowest BCUT2D eigenvalue weighted by atomic mass is 10.1. The predicted molar refractivity (Wildman–Crippen MR) is 147 cm³/mol. The van der Waals surface area contributed by atoms with Crippen molar-refractivity contribution in [3.63, 3.8) is 0 Å². The molecule has 13 nitrogen and oxygen atoms in total. The van der Waals surface area contributed by atoms with Crippen LogP contribution in [0.2, 0.25) is 0 Å². The van der Waals surface area contributed by atoms with E-state index in [4.69, 9.17) is 13.2 Å². The fourth-order valence-corrected chi connectivity index (χ4v) is 4.85. The number of nitrogens with one attached hydrogen (secondary N) is 1. The van der Waals surface area contributed by atoms with Gasteiger partial charge in [-0.05, 0) is 31.7 Å². The highest BCUT2D eigenvalue weighted by molar-refractivity contribution is 7.51. The van der Waals surface area contributed by atoms with Gasteiger partial charge in [0.25, 0.3) is 0 Å². The Morgan fingerprint density at radius 2 is 1.90 bits per heavy atom. The molecule has 17 heteroatoms. The zero-order chi connectivity index (χ0) is 30.4. The van der Waals surface area contributed by atoms with E-state index in [1.165, 1.54) is 0 Å². The van der Waals surface area contributed by atoms with Crippen LogP contribution in [-0.4, -0.2) is 110 Å². The van der Waals surface area contributed by atoms with Crippen molar-refractivity contribution in [1.29, 1.82) is 0 Å². The molecule has 1 amide bonds. The number of aromatic nitrogens is 4. The number of alkyl halides is 3. The predicted octanol–water partition coefficient (Wildman–Crippen LogP) is 2.29. The first kappa shape index (κ1) is 31.3. The molecule has 5 heterocycles. The van der Waals surface area contributed by atoms with Crippen LogP contribution in [0, 0.1) is 0 Å². The van der Waals surface area contributed by atoms with Crippen molar-refractivity contribution in [2.75, 3.05) is 70.3 Å². The molecule has 3 aromatic heterocycles. The summed E-state index contributed by atoms with van der Waals surface area (Å²) < 4.78 is 70.8. The number of hydrogen-bond donors (Lipinski definition) is 1. The molecule has 0 radical (unpaired) electrons. The molecule has 228 valence electrons. The number of carbonyl (C=O) groups excluding carboxylic acids is 1. The Hall–Kier alpha value is -3.67. The maximum Gasteiger partial charge on any atom is 0.417 e. The number of carbonyl (C=O) groups is 1. The summed E-state index contributed by atoms with van der Waals surface area (Å²) in [6, 6.07) is 2.73. The molecule has 2 saturated heterocycles. The summed E-state index contributed by atoms with van der Waals surface area (Å²) in [7, 11) is 3.21. The van der Waals surface area contributed by atoms with Gasteiger partial charge in [0.1, 0.15) is 11.3 Å². The summed E-state index contributed by atoms with van der Waals surface area (Å²) in [6.07, 6.45) is -2.80. The lowest BCUT2D eigenvalue weighted by molar-refractivity contribution is -0.137. The Morgan fingerprint density at radius 3 is 2.55 bits per heavy atom. The summed E-state index contributed by atoms with van der Waals surface area (Å²) in [5.74, 6) is 0.115. The molecule has 0 spiro atoms. The number of hydrogen-bond acceptors (Lipinski definition) is 11. The van der Waals surface area contributed by atoms with E-state index >= 15 is 0 Å². The molecular formula is C25H31F3N8O5S. The molecule has 3 aromatic rings. The molecule has 5 rings (SSSR count). The topological polar surface area (TPSA) is 134 Å². The standard InChI is InChI=1S/C25H31F3N8O3.O2S/c1-16-15-39-9-8-35(16)23-20-10-17(13-34-6-4-33(2)5-7-34)14-36(20)32-22(31-23)18-12-29-21(30-24(37)38-3)11-19(18)25(26,27)28;1-3-2/h10-12,14,16H,4-9,13,15H2,1-3H3,(H,29,30,37);/t16-;/m0./s1. The largest absolute Gasteiger partial charge is 0.453 e. The zero-order valence-corrected chi connectivity index (χ0v) is 24.1. The molecule has 42 heavy (non-hydrogen) atoms. The summed E-state index contributed by atoms with van der Waals surface area (Å²) in [5, 5.41) is 6.68. The van der Waals surface area contributed by atoms with Gasteiger partial charge in [-0.25, -0.2) is 19.3 Å². The minimum absolute atomic E-state index is 0.0341. The lowest BCUT2D eigenvalue weighted by Crippen LogP contribution is -2.44. The third kappa shape index (κ3) is 7.39. The van der Waals surface area contributed by atoms with Crippen LogP contribution in [-0.2, 0) is 33.8 Å². The summed E-state index contributed by atoms with van der Waals surface area (Å²) in [5.41, 5.74) is 0.396. The number of piperazine rings is 1. The van der Waals surface area contributed by atoms with Gasteiger partial charge in [-0.15, -0.1) is 5.10 Å². The molecule has 0 unspecified atom stereocenters. The van der Waals surface area contributed by atoms with Gasteiger partial charge in [0.15, 0.2) is 11.6 Å². The Kier molecular flexibility index (Phi) is 10.1. The van der Waals surface area contributed by atoms with Gasteiger partial charge in [-0.1, -0.05) is 0 Å². The van der Waals surface area contributed by atoms with Crippen LogP contribution in [0.25, 0.3) is 16.9 Å². The molecule has 2 aliphatic rings. The minimum Gasteiger partial charge on any atom is -0.453 e. The van der Waals surface area contributed by atoms with Gasteiger partial charge in [0.2, 0.25) is 0 Å². The van der Waals surface area contributed by atoms with Crippen LogP contribution < -0.4 is 10.2 Å². The number of likely N-dealkylation sites (N-methyl/N-ethyl adjacent to an activating group) is 1. The maximum absolute atomic E-state index is 14.2. The van der Waals surface area contributed by atoms with Crippen LogP contribution in [0.15, 0.2) is 24.5 Å². The van der Waals surface area contributed by atoms with Crippen LogP contribution >= 0.6 is 0 Å². The van der Waals surface area contributed by atoms with Crippen LogP contribution in [0.4, 0.5) is 29.6 Å². The van der Waals surface area contributed by atoms with Gasteiger partial charge in [0, 0.05) is 51.7 Å².